The molecular formula is C13H30N2. The van der Waals surface area contributed by atoms with Crippen molar-refractivity contribution in [3.63, 3.8) is 0 Å². The van der Waals surface area contributed by atoms with Gasteiger partial charge in [-0.3, -0.25) is 4.99 Å². The Morgan fingerprint density at radius 1 is 1.20 bits per heavy atom. The maximum absolute atomic E-state index is 3.96. The Hall–Kier alpha value is -0.790. The minimum Gasteiger partial charge on any atom is -0.351 e. The zero-order valence-electron chi connectivity index (χ0n) is 11.9. The molecule has 0 aromatic heterocycles. The fourth-order valence-corrected chi connectivity index (χ4v) is 0.584. The topological polar surface area (TPSA) is 24.4 Å². The summed E-state index contributed by atoms with van der Waals surface area (Å²) in [5.74, 6) is 1.68. The highest BCUT2D eigenvalue weighted by Crippen LogP contribution is 1.98. The van der Waals surface area contributed by atoms with Gasteiger partial charge in [0.1, 0.15) is 0 Å². The van der Waals surface area contributed by atoms with Crippen LogP contribution in [-0.2, 0) is 0 Å². The number of nitrogens with one attached hydrogen (secondary N) is 1. The Bertz CT molecular complexity index is 147. The third-order valence-corrected chi connectivity index (χ3v) is 1.35. The van der Waals surface area contributed by atoms with Crippen LogP contribution in [0, 0.1) is 5.92 Å². The van der Waals surface area contributed by atoms with Gasteiger partial charge in [-0.05, 0) is 25.5 Å². The van der Waals surface area contributed by atoms with Gasteiger partial charge >= 0.3 is 0 Å². The van der Waals surface area contributed by atoms with E-state index in [4.69, 9.17) is 0 Å². The van der Waals surface area contributed by atoms with Crippen molar-refractivity contribution in [1.82, 2.24) is 5.32 Å². The first-order valence-corrected chi connectivity index (χ1v) is 6.01. The largest absolute Gasteiger partial charge is 0.351 e. The SMILES string of the molecule is CC.CC.CN=C(C)N/C=C\CC(C)C. The molecule has 2 heteroatoms. The van der Waals surface area contributed by atoms with Gasteiger partial charge in [0, 0.05) is 7.05 Å². The first-order chi connectivity index (χ1) is 7.16. The zero-order valence-corrected chi connectivity index (χ0v) is 11.9. The molecule has 0 rings (SSSR count). The van der Waals surface area contributed by atoms with Gasteiger partial charge < -0.3 is 5.32 Å². The van der Waals surface area contributed by atoms with Crippen LogP contribution in [0.3, 0.4) is 0 Å². The van der Waals surface area contributed by atoms with Gasteiger partial charge in [0.15, 0.2) is 0 Å². The van der Waals surface area contributed by atoms with E-state index in [9.17, 15) is 0 Å². The normalized spacial score (nSPS) is 10.3. The van der Waals surface area contributed by atoms with E-state index in [-0.39, 0.29) is 0 Å². The molecule has 0 amide bonds. The van der Waals surface area contributed by atoms with Crippen molar-refractivity contribution < 1.29 is 0 Å². The molecular weight excluding hydrogens is 184 g/mol. The number of amidine groups is 1. The Morgan fingerprint density at radius 3 is 2.00 bits per heavy atom. The lowest BCUT2D eigenvalue weighted by atomic mass is 10.1. The summed E-state index contributed by atoms with van der Waals surface area (Å²) >= 11 is 0. The fourth-order valence-electron chi connectivity index (χ4n) is 0.584. The predicted octanol–water partition coefficient (Wildman–Crippen LogP) is 4.24. The van der Waals surface area contributed by atoms with Crippen molar-refractivity contribution in [3.05, 3.63) is 12.3 Å². The molecule has 0 aromatic carbocycles. The second-order valence-electron chi connectivity index (χ2n) is 2.99. The molecule has 92 valence electrons. The smallest absolute Gasteiger partial charge is 0.0967 e. The molecule has 2 nitrogen and oxygen atoms in total. The Kier molecular flexibility index (Phi) is 24.9. The summed E-state index contributed by atoms with van der Waals surface area (Å²) < 4.78 is 0. The van der Waals surface area contributed by atoms with Gasteiger partial charge in [0.05, 0.1) is 5.84 Å². The number of rotatable bonds is 3. The fraction of sp³-hybridized carbons (Fsp3) is 0.769. The molecule has 0 aromatic rings. The number of nitrogens with zero attached hydrogens (tertiary/aromatic N) is 1. The average molecular weight is 214 g/mol. The van der Waals surface area contributed by atoms with Gasteiger partial charge in [0.2, 0.25) is 0 Å². The molecule has 0 aliphatic carbocycles. The minimum atomic E-state index is 0.729. The quantitative estimate of drug-likeness (QED) is 0.551. The first-order valence-electron chi connectivity index (χ1n) is 6.01. The van der Waals surface area contributed by atoms with Gasteiger partial charge in [-0.25, -0.2) is 0 Å². The summed E-state index contributed by atoms with van der Waals surface area (Å²) in [6, 6.07) is 0. The van der Waals surface area contributed by atoms with Crippen LogP contribution in [0.15, 0.2) is 17.3 Å². The third-order valence-electron chi connectivity index (χ3n) is 1.35. The van der Waals surface area contributed by atoms with Crippen molar-refractivity contribution in [2.24, 2.45) is 10.9 Å². The summed E-state index contributed by atoms with van der Waals surface area (Å²) in [6.45, 7) is 14.3. The standard InChI is InChI=1S/C9H18N2.2C2H6/c1-8(2)6-5-7-11-9(3)10-4;2*1-2/h5,7-8H,6H2,1-4H3,(H,10,11);2*1-2H3/b7-5-;;. The lowest BCUT2D eigenvalue weighted by Gasteiger charge is -1.98. The van der Waals surface area contributed by atoms with Crippen molar-refractivity contribution in [2.75, 3.05) is 7.05 Å². The third kappa shape index (κ3) is 24.6. The minimum absolute atomic E-state index is 0.729. The van der Waals surface area contributed by atoms with E-state index in [1.54, 1.807) is 7.05 Å². The van der Waals surface area contributed by atoms with E-state index in [1.165, 1.54) is 0 Å². The maximum atomic E-state index is 3.96. The zero-order chi connectivity index (χ0) is 12.7. The molecule has 0 bridgehead atoms. The molecule has 0 heterocycles. The summed E-state index contributed by atoms with van der Waals surface area (Å²) in [6.07, 6.45) is 5.19. The molecule has 0 unspecified atom stereocenters. The van der Waals surface area contributed by atoms with E-state index in [2.05, 4.69) is 30.2 Å². The summed E-state index contributed by atoms with van der Waals surface area (Å²) in [7, 11) is 1.78. The molecule has 0 fully saturated rings. The highest BCUT2D eigenvalue weighted by atomic mass is 14.9. The van der Waals surface area contributed by atoms with Gasteiger partial charge in [0.25, 0.3) is 0 Å². The molecule has 0 aliphatic rings. The second kappa shape index (κ2) is 18.9. The predicted molar refractivity (Wildman–Crippen MR) is 73.5 cm³/mol. The monoisotopic (exact) mass is 214 g/mol. The molecule has 0 radical (unpaired) electrons. The Morgan fingerprint density at radius 2 is 1.67 bits per heavy atom. The van der Waals surface area contributed by atoms with Gasteiger partial charge in [-0.2, -0.15) is 0 Å². The van der Waals surface area contributed by atoms with Gasteiger partial charge in [-0.15, -0.1) is 0 Å². The number of aliphatic imine (C=N–C) groups is 1. The number of hydrogen-bond donors (Lipinski definition) is 1. The number of hydrogen-bond acceptors (Lipinski definition) is 1. The lowest BCUT2D eigenvalue weighted by molar-refractivity contribution is 0.662. The van der Waals surface area contributed by atoms with Crippen molar-refractivity contribution >= 4 is 5.84 Å². The molecule has 0 atom stereocenters. The first kappa shape index (κ1) is 19.7. The van der Waals surface area contributed by atoms with Crippen LogP contribution in [0.4, 0.5) is 0 Å². The average Bonchev–Trinajstić information content (AvgIpc) is 2.29. The van der Waals surface area contributed by atoms with Crippen LogP contribution in [0.25, 0.3) is 0 Å². The van der Waals surface area contributed by atoms with Crippen LogP contribution >= 0.6 is 0 Å². The summed E-state index contributed by atoms with van der Waals surface area (Å²) in [4.78, 5) is 3.96. The molecule has 0 saturated carbocycles. The molecule has 0 saturated heterocycles. The lowest BCUT2D eigenvalue weighted by Crippen LogP contribution is -2.12. The Labute approximate surface area is 96.9 Å². The van der Waals surface area contributed by atoms with Crippen LogP contribution in [0.5, 0.6) is 0 Å². The van der Waals surface area contributed by atoms with E-state index < -0.39 is 0 Å². The molecule has 0 aliphatic heterocycles. The number of allylic oxidation sites excluding steroid dienone is 1. The molecule has 15 heavy (non-hydrogen) atoms. The van der Waals surface area contributed by atoms with Gasteiger partial charge in [-0.1, -0.05) is 47.6 Å². The summed E-state index contributed by atoms with van der Waals surface area (Å²) in [5, 5.41) is 3.06. The van der Waals surface area contributed by atoms with Crippen molar-refractivity contribution in [3.8, 4) is 0 Å². The van der Waals surface area contributed by atoms with E-state index in [0.29, 0.717) is 0 Å². The highest BCUT2D eigenvalue weighted by Gasteiger charge is 1.86. The van der Waals surface area contributed by atoms with E-state index >= 15 is 0 Å². The van der Waals surface area contributed by atoms with Crippen LogP contribution in [-0.4, -0.2) is 12.9 Å². The second-order valence-corrected chi connectivity index (χ2v) is 2.99. The van der Waals surface area contributed by atoms with Crippen LogP contribution in [0.2, 0.25) is 0 Å². The summed E-state index contributed by atoms with van der Waals surface area (Å²) in [5.41, 5.74) is 0. The maximum Gasteiger partial charge on any atom is 0.0967 e. The molecule has 0 spiro atoms. The molecule has 1 N–H and O–H groups in total. The highest BCUT2D eigenvalue weighted by molar-refractivity contribution is 5.80. The van der Waals surface area contributed by atoms with E-state index in [0.717, 1.165) is 18.2 Å². The van der Waals surface area contributed by atoms with Crippen LogP contribution in [0.1, 0.15) is 54.9 Å². The van der Waals surface area contributed by atoms with Crippen LogP contribution < -0.4 is 5.32 Å². The Balaban J connectivity index is -0.000000318. The van der Waals surface area contributed by atoms with E-state index in [1.807, 2.05) is 40.8 Å². The van der Waals surface area contributed by atoms with Crippen molar-refractivity contribution in [1.29, 1.82) is 0 Å². The van der Waals surface area contributed by atoms with Crippen molar-refractivity contribution in [2.45, 2.75) is 54.9 Å².